The first kappa shape index (κ1) is 7.60. The summed E-state index contributed by atoms with van der Waals surface area (Å²) in [6.07, 6.45) is 0. The molecule has 0 saturated heterocycles. The molecule has 66 valence electrons. The average molecular weight is 176 g/mol. The molecule has 1 aromatic heterocycles. The molecule has 0 atom stereocenters. The molecule has 0 bridgehead atoms. The number of amidine groups is 1. The number of nitrogen functional groups attached to an aromatic ring is 1. The highest BCUT2D eigenvalue weighted by molar-refractivity contribution is 5.98. The Morgan fingerprint density at radius 2 is 2.15 bits per heavy atom. The van der Waals surface area contributed by atoms with Gasteiger partial charge in [-0.25, -0.2) is 0 Å². The summed E-state index contributed by atoms with van der Waals surface area (Å²) in [7, 11) is 0. The van der Waals surface area contributed by atoms with Gasteiger partial charge in [0.25, 0.3) is 5.56 Å². The molecule has 0 radical (unpaired) electrons. The van der Waals surface area contributed by atoms with Gasteiger partial charge in [-0.3, -0.25) is 20.4 Å². The van der Waals surface area contributed by atoms with E-state index in [-0.39, 0.29) is 11.4 Å². The smallest absolute Gasteiger partial charge is 0.271 e. The van der Waals surface area contributed by atoms with E-state index in [1.807, 2.05) is 0 Å². The molecule has 0 spiro atoms. The molecule has 0 aliphatic carbocycles. The second-order valence-corrected chi connectivity index (χ2v) is 2.75. The minimum Gasteiger partial charge on any atom is -0.384 e. The number of fused-ring (bicyclic) bond motifs is 1. The Balaban J connectivity index is 2.80. The molecule has 0 fully saturated rings. The lowest BCUT2D eigenvalue weighted by Crippen LogP contribution is -2.11. The lowest BCUT2D eigenvalue weighted by Gasteiger charge is -1.95. The first-order valence-electron chi connectivity index (χ1n) is 3.73. The molecule has 1 aromatic carbocycles. The maximum atomic E-state index is 11.2. The highest BCUT2D eigenvalue weighted by Gasteiger charge is 2.02. The van der Waals surface area contributed by atoms with Gasteiger partial charge in [-0.1, -0.05) is 0 Å². The Hall–Kier alpha value is -2.04. The van der Waals surface area contributed by atoms with Crippen LogP contribution in [0.25, 0.3) is 10.9 Å². The highest BCUT2D eigenvalue weighted by Crippen LogP contribution is 2.08. The highest BCUT2D eigenvalue weighted by atomic mass is 16.1. The summed E-state index contributed by atoms with van der Waals surface area (Å²) in [5.74, 6) is -0.0394. The van der Waals surface area contributed by atoms with Gasteiger partial charge < -0.3 is 5.73 Å². The molecule has 0 amide bonds. The number of aromatic amines is 2. The number of hydrogen-bond acceptors (Lipinski definition) is 2. The predicted molar refractivity (Wildman–Crippen MR) is 49.9 cm³/mol. The van der Waals surface area contributed by atoms with Crippen LogP contribution in [0.15, 0.2) is 23.0 Å². The van der Waals surface area contributed by atoms with Crippen molar-refractivity contribution in [2.45, 2.75) is 0 Å². The van der Waals surface area contributed by atoms with E-state index in [1.165, 1.54) is 0 Å². The van der Waals surface area contributed by atoms with Crippen LogP contribution in [0.3, 0.4) is 0 Å². The standard InChI is InChI=1S/C8H8N4O/c9-7(10)4-1-2-6-5(3-4)8(13)12-11-6/h1-3H,(H3,9,10)(H2,11,12,13). The number of H-pyrrole nitrogens is 2. The van der Waals surface area contributed by atoms with Crippen molar-refractivity contribution in [2.75, 3.05) is 0 Å². The second kappa shape index (κ2) is 2.48. The summed E-state index contributed by atoms with van der Waals surface area (Å²) >= 11 is 0. The van der Waals surface area contributed by atoms with Gasteiger partial charge in [0.1, 0.15) is 5.84 Å². The van der Waals surface area contributed by atoms with Crippen LogP contribution in [0.1, 0.15) is 5.56 Å². The van der Waals surface area contributed by atoms with Crippen LogP contribution in [0.5, 0.6) is 0 Å². The predicted octanol–water partition coefficient (Wildman–Crippen LogP) is 0.140. The van der Waals surface area contributed by atoms with Gasteiger partial charge in [-0.05, 0) is 18.2 Å². The third kappa shape index (κ3) is 1.10. The normalized spacial score (nSPS) is 10.5. The van der Waals surface area contributed by atoms with Gasteiger partial charge in [0, 0.05) is 5.56 Å². The molecule has 0 aliphatic heterocycles. The molecule has 5 N–H and O–H groups in total. The summed E-state index contributed by atoms with van der Waals surface area (Å²) in [5, 5.41) is 12.9. The Morgan fingerprint density at radius 3 is 2.85 bits per heavy atom. The molecule has 5 nitrogen and oxygen atoms in total. The first-order chi connectivity index (χ1) is 6.18. The van der Waals surface area contributed by atoms with Crippen molar-refractivity contribution < 1.29 is 0 Å². The molecular formula is C8H8N4O. The van der Waals surface area contributed by atoms with Crippen molar-refractivity contribution in [3.63, 3.8) is 0 Å². The molecule has 0 saturated carbocycles. The third-order valence-electron chi connectivity index (χ3n) is 1.89. The minimum absolute atomic E-state index is 0.0394. The van der Waals surface area contributed by atoms with Crippen LogP contribution in [-0.4, -0.2) is 16.0 Å². The fourth-order valence-corrected chi connectivity index (χ4v) is 1.20. The summed E-state index contributed by atoms with van der Waals surface area (Å²) in [6, 6.07) is 4.99. The van der Waals surface area contributed by atoms with Gasteiger partial charge in [0.05, 0.1) is 10.9 Å². The maximum absolute atomic E-state index is 11.2. The van der Waals surface area contributed by atoms with Crippen LogP contribution < -0.4 is 11.3 Å². The largest absolute Gasteiger partial charge is 0.384 e. The van der Waals surface area contributed by atoms with Crippen LogP contribution >= 0.6 is 0 Å². The second-order valence-electron chi connectivity index (χ2n) is 2.75. The monoisotopic (exact) mass is 176 g/mol. The first-order valence-corrected chi connectivity index (χ1v) is 3.73. The zero-order chi connectivity index (χ0) is 9.42. The van der Waals surface area contributed by atoms with Crippen LogP contribution in [-0.2, 0) is 0 Å². The van der Waals surface area contributed by atoms with Crippen molar-refractivity contribution in [3.05, 3.63) is 34.1 Å². The molecule has 2 aromatic rings. The molecule has 13 heavy (non-hydrogen) atoms. The number of rotatable bonds is 1. The van der Waals surface area contributed by atoms with Gasteiger partial charge >= 0.3 is 0 Å². The number of nitrogens with two attached hydrogens (primary N) is 1. The molecule has 0 aliphatic rings. The van der Waals surface area contributed by atoms with Gasteiger partial charge in [0.2, 0.25) is 0 Å². The average Bonchev–Trinajstić information content (AvgIpc) is 2.47. The number of benzene rings is 1. The van der Waals surface area contributed by atoms with E-state index in [4.69, 9.17) is 11.1 Å². The van der Waals surface area contributed by atoms with Crippen LogP contribution in [0.4, 0.5) is 0 Å². The molecule has 5 heteroatoms. The number of aromatic nitrogens is 2. The van der Waals surface area contributed by atoms with Crippen molar-refractivity contribution in [1.82, 2.24) is 10.2 Å². The van der Waals surface area contributed by atoms with Crippen molar-refractivity contribution in [2.24, 2.45) is 5.73 Å². The van der Waals surface area contributed by atoms with Gasteiger partial charge in [0.15, 0.2) is 0 Å². The summed E-state index contributed by atoms with van der Waals surface area (Å²) in [4.78, 5) is 11.2. The Labute approximate surface area is 73.1 Å². The van der Waals surface area contributed by atoms with E-state index in [0.717, 1.165) is 5.52 Å². The van der Waals surface area contributed by atoms with E-state index in [1.54, 1.807) is 18.2 Å². The van der Waals surface area contributed by atoms with Crippen LogP contribution in [0.2, 0.25) is 0 Å². The van der Waals surface area contributed by atoms with Crippen molar-refractivity contribution in [3.8, 4) is 0 Å². The fourth-order valence-electron chi connectivity index (χ4n) is 1.20. The minimum atomic E-state index is -0.196. The summed E-state index contributed by atoms with van der Waals surface area (Å²) < 4.78 is 0. The fraction of sp³-hybridized carbons (Fsp3) is 0. The maximum Gasteiger partial charge on any atom is 0.271 e. The Morgan fingerprint density at radius 1 is 1.38 bits per heavy atom. The number of nitrogens with one attached hydrogen (secondary N) is 3. The van der Waals surface area contributed by atoms with Crippen molar-refractivity contribution in [1.29, 1.82) is 5.41 Å². The van der Waals surface area contributed by atoms with Gasteiger partial charge in [-0.2, -0.15) is 0 Å². The molecule has 0 unspecified atom stereocenters. The lowest BCUT2D eigenvalue weighted by molar-refractivity contribution is 1.08. The third-order valence-corrected chi connectivity index (χ3v) is 1.89. The van der Waals surface area contributed by atoms with E-state index < -0.39 is 0 Å². The zero-order valence-electron chi connectivity index (χ0n) is 6.72. The zero-order valence-corrected chi connectivity index (χ0v) is 6.72. The van der Waals surface area contributed by atoms with E-state index in [0.29, 0.717) is 10.9 Å². The topological polar surface area (TPSA) is 98.5 Å². The molecule has 2 rings (SSSR count). The summed E-state index contributed by atoms with van der Waals surface area (Å²) in [6.45, 7) is 0. The van der Waals surface area contributed by atoms with E-state index >= 15 is 0 Å². The van der Waals surface area contributed by atoms with E-state index in [2.05, 4.69) is 10.2 Å². The SMILES string of the molecule is N=C(N)c1ccc2[nH][nH]c(=O)c2c1. The molecule has 1 heterocycles. The summed E-state index contributed by atoms with van der Waals surface area (Å²) in [5.41, 5.74) is 6.36. The Kier molecular flexibility index (Phi) is 1.45. The van der Waals surface area contributed by atoms with Gasteiger partial charge in [-0.15, -0.1) is 0 Å². The van der Waals surface area contributed by atoms with Crippen molar-refractivity contribution >= 4 is 16.7 Å². The molecular weight excluding hydrogens is 168 g/mol. The van der Waals surface area contributed by atoms with Crippen LogP contribution in [0, 0.1) is 5.41 Å². The van der Waals surface area contributed by atoms with E-state index in [9.17, 15) is 4.79 Å². The Bertz CT molecular complexity index is 522. The lowest BCUT2D eigenvalue weighted by atomic mass is 10.1. The number of hydrogen-bond donors (Lipinski definition) is 4. The quantitative estimate of drug-likeness (QED) is 0.367.